The molecule has 0 aromatic heterocycles. The maximum Gasteiger partial charge on any atom is 0.129 e. The van der Waals surface area contributed by atoms with Gasteiger partial charge in [-0.1, -0.05) is 35.3 Å². The molecule has 1 aliphatic rings. The van der Waals surface area contributed by atoms with E-state index in [4.69, 9.17) is 16.4 Å². The van der Waals surface area contributed by atoms with E-state index >= 15 is 0 Å². The molecule has 1 aromatic carbocycles. The van der Waals surface area contributed by atoms with E-state index in [9.17, 15) is 0 Å². The fraction of sp³-hybridized carbons (Fsp3) is 0.533. The first-order valence-electron chi connectivity index (χ1n) is 6.90. The Kier molecular flexibility index (Phi) is 5.67. The van der Waals surface area contributed by atoms with Gasteiger partial charge < -0.3 is 4.84 Å². The third-order valence-electron chi connectivity index (χ3n) is 3.41. The lowest BCUT2D eigenvalue weighted by molar-refractivity contribution is 0.102. The third-order valence-corrected chi connectivity index (χ3v) is 3.66. The molecule has 0 spiro atoms. The minimum atomic E-state index is 0.658. The van der Waals surface area contributed by atoms with Crippen LogP contribution >= 0.6 is 11.6 Å². The van der Waals surface area contributed by atoms with E-state index in [1.165, 1.54) is 32.4 Å². The molecule has 1 aliphatic heterocycles. The van der Waals surface area contributed by atoms with Crippen LogP contribution in [-0.4, -0.2) is 36.9 Å². The molecular formula is C15H21ClN2O. The third kappa shape index (κ3) is 4.84. The second-order valence-corrected chi connectivity index (χ2v) is 5.36. The molecule has 2 rings (SSSR count). The molecule has 0 aliphatic carbocycles. The first-order chi connectivity index (χ1) is 9.25. The van der Waals surface area contributed by atoms with Gasteiger partial charge in [0.25, 0.3) is 0 Å². The number of likely N-dealkylation sites (tertiary alicyclic amines) is 1. The van der Waals surface area contributed by atoms with Gasteiger partial charge in [-0.05, 0) is 50.6 Å². The highest BCUT2D eigenvalue weighted by atomic mass is 35.5. The van der Waals surface area contributed by atoms with Crippen molar-refractivity contribution in [3.63, 3.8) is 0 Å². The fourth-order valence-corrected chi connectivity index (χ4v) is 2.37. The maximum absolute atomic E-state index is 5.85. The molecule has 0 N–H and O–H groups in total. The monoisotopic (exact) mass is 280 g/mol. The van der Waals surface area contributed by atoms with Gasteiger partial charge in [0.1, 0.15) is 6.61 Å². The molecule has 0 unspecified atom stereocenters. The van der Waals surface area contributed by atoms with Crippen LogP contribution in [0.1, 0.15) is 31.7 Å². The van der Waals surface area contributed by atoms with Crippen molar-refractivity contribution in [3.8, 4) is 0 Å². The molecule has 1 heterocycles. The summed E-state index contributed by atoms with van der Waals surface area (Å²) in [6.07, 6.45) is 3.99. The van der Waals surface area contributed by atoms with Crippen LogP contribution in [0.4, 0.5) is 0 Å². The first kappa shape index (κ1) is 14.4. The summed E-state index contributed by atoms with van der Waals surface area (Å²) in [6, 6.07) is 7.64. The lowest BCUT2D eigenvalue weighted by atomic mass is 10.1. The van der Waals surface area contributed by atoms with Gasteiger partial charge in [0, 0.05) is 11.6 Å². The van der Waals surface area contributed by atoms with E-state index < -0.39 is 0 Å². The van der Waals surface area contributed by atoms with Crippen molar-refractivity contribution in [2.75, 3.05) is 26.2 Å². The van der Waals surface area contributed by atoms with Crippen molar-refractivity contribution in [2.24, 2.45) is 5.16 Å². The SMILES string of the molecule is C/C(=N\OCCN1CCCCC1)c1ccc(Cl)cc1. The molecule has 3 nitrogen and oxygen atoms in total. The highest BCUT2D eigenvalue weighted by Gasteiger charge is 2.09. The Hall–Kier alpha value is -1.06. The molecule has 19 heavy (non-hydrogen) atoms. The second kappa shape index (κ2) is 7.51. The maximum atomic E-state index is 5.85. The standard InChI is InChI=1S/C15H21ClN2O/c1-13(14-5-7-15(16)8-6-14)17-19-12-11-18-9-3-2-4-10-18/h5-8H,2-4,9-12H2,1H3/b17-13+. The van der Waals surface area contributed by atoms with Gasteiger partial charge in [-0.3, -0.25) is 4.90 Å². The van der Waals surface area contributed by atoms with Gasteiger partial charge in [0.15, 0.2) is 0 Å². The van der Waals surface area contributed by atoms with E-state index in [0.29, 0.717) is 6.61 Å². The molecule has 4 heteroatoms. The quantitative estimate of drug-likeness (QED) is 0.468. The molecular weight excluding hydrogens is 260 g/mol. The van der Waals surface area contributed by atoms with Gasteiger partial charge in [-0.25, -0.2) is 0 Å². The van der Waals surface area contributed by atoms with Crippen molar-refractivity contribution in [3.05, 3.63) is 34.9 Å². The van der Waals surface area contributed by atoms with Crippen LogP contribution in [0.15, 0.2) is 29.4 Å². The van der Waals surface area contributed by atoms with E-state index in [0.717, 1.165) is 22.8 Å². The minimum Gasteiger partial charge on any atom is -0.394 e. The van der Waals surface area contributed by atoms with Crippen LogP contribution in [0.3, 0.4) is 0 Å². The van der Waals surface area contributed by atoms with Crippen molar-refractivity contribution in [1.29, 1.82) is 0 Å². The van der Waals surface area contributed by atoms with Crippen molar-refractivity contribution < 1.29 is 4.84 Å². The van der Waals surface area contributed by atoms with Crippen LogP contribution in [0.2, 0.25) is 5.02 Å². The van der Waals surface area contributed by atoms with Crippen molar-refractivity contribution >= 4 is 17.3 Å². The molecule has 1 fully saturated rings. The number of hydrogen-bond acceptors (Lipinski definition) is 3. The van der Waals surface area contributed by atoms with Crippen LogP contribution in [0.5, 0.6) is 0 Å². The molecule has 1 saturated heterocycles. The number of nitrogens with zero attached hydrogens (tertiary/aromatic N) is 2. The molecule has 0 saturated carbocycles. The second-order valence-electron chi connectivity index (χ2n) is 4.92. The smallest absolute Gasteiger partial charge is 0.129 e. The van der Waals surface area contributed by atoms with Gasteiger partial charge >= 0.3 is 0 Å². The molecule has 0 bridgehead atoms. The van der Waals surface area contributed by atoms with Crippen LogP contribution in [0, 0.1) is 0 Å². The summed E-state index contributed by atoms with van der Waals surface area (Å²) < 4.78 is 0. The summed E-state index contributed by atoms with van der Waals surface area (Å²) in [5, 5.41) is 4.89. The highest BCUT2D eigenvalue weighted by molar-refractivity contribution is 6.30. The number of oxime groups is 1. The number of halogens is 1. The largest absolute Gasteiger partial charge is 0.394 e. The van der Waals surface area contributed by atoms with Crippen molar-refractivity contribution in [1.82, 2.24) is 4.90 Å². The summed E-state index contributed by atoms with van der Waals surface area (Å²) in [4.78, 5) is 7.84. The average molecular weight is 281 g/mol. The number of benzene rings is 1. The zero-order valence-corrected chi connectivity index (χ0v) is 12.2. The van der Waals surface area contributed by atoms with Crippen molar-refractivity contribution in [2.45, 2.75) is 26.2 Å². The Morgan fingerprint density at radius 3 is 2.58 bits per heavy atom. The molecule has 0 atom stereocenters. The summed E-state index contributed by atoms with van der Waals surface area (Å²) in [6.45, 7) is 5.97. The van der Waals surface area contributed by atoms with Gasteiger partial charge in [0.2, 0.25) is 0 Å². The predicted octanol–water partition coefficient (Wildman–Crippen LogP) is 3.57. The number of rotatable bonds is 5. The Morgan fingerprint density at radius 1 is 1.21 bits per heavy atom. The topological polar surface area (TPSA) is 24.8 Å². The summed E-state index contributed by atoms with van der Waals surface area (Å²) in [7, 11) is 0. The molecule has 0 radical (unpaired) electrons. The summed E-state index contributed by atoms with van der Waals surface area (Å²) in [5.41, 5.74) is 1.93. The van der Waals surface area contributed by atoms with E-state index in [-0.39, 0.29) is 0 Å². The molecule has 0 amide bonds. The normalized spacial score (nSPS) is 17.5. The molecule has 104 valence electrons. The van der Waals surface area contributed by atoms with Crippen LogP contribution < -0.4 is 0 Å². The number of piperidine rings is 1. The summed E-state index contributed by atoms with van der Waals surface area (Å²) in [5.74, 6) is 0. The van der Waals surface area contributed by atoms with Gasteiger partial charge in [-0.15, -0.1) is 0 Å². The zero-order chi connectivity index (χ0) is 13.5. The Balaban J connectivity index is 1.73. The minimum absolute atomic E-state index is 0.658. The summed E-state index contributed by atoms with van der Waals surface area (Å²) >= 11 is 5.85. The Labute approximate surface area is 120 Å². The predicted molar refractivity (Wildman–Crippen MR) is 79.9 cm³/mol. The Bertz CT molecular complexity index is 411. The lowest BCUT2D eigenvalue weighted by Crippen LogP contribution is -2.32. The molecule has 1 aromatic rings. The first-order valence-corrected chi connectivity index (χ1v) is 7.28. The highest BCUT2D eigenvalue weighted by Crippen LogP contribution is 2.11. The van der Waals surface area contributed by atoms with E-state index in [1.807, 2.05) is 31.2 Å². The van der Waals surface area contributed by atoms with Gasteiger partial charge in [-0.2, -0.15) is 0 Å². The lowest BCUT2D eigenvalue weighted by Gasteiger charge is -2.25. The average Bonchev–Trinajstić information content (AvgIpc) is 2.45. The zero-order valence-electron chi connectivity index (χ0n) is 11.4. The Morgan fingerprint density at radius 2 is 1.89 bits per heavy atom. The van der Waals surface area contributed by atoms with Crippen LogP contribution in [-0.2, 0) is 4.84 Å². The van der Waals surface area contributed by atoms with Gasteiger partial charge in [0.05, 0.1) is 5.71 Å². The van der Waals surface area contributed by atoms with E-state index in [2.05, 4.69) is 10.1 Å². The fourth-order valence-electron chi connectivity index (χ4n) is 2.24. The van der Waals surface area contributed by atoms with E-state index in [1.54, 1.807) is 0 Å². The van der Waals surface area contributed by atoms with Crippen LogP contribution in [0.25, 0.3) is 0 Å². The number of hydrogen-bond donors (Lipinski definition) is 0.